The Morgan fingerprint density at radius 2 is 2.26 bits per heavy atom. The Kier molecular flexibility index (Phi) is 5.23. The van der Waals surface area contributed by atoms with E-state index in [4.69, 9.17) is 9.47 Å². The first-order chi connectivity index (χ1) is 9.20. The molecule has 1 aliphatic heterocycles. The largest absolute Gasteiger partial charge is 0.496 e. The molecule has 0 saturated carbocycles. The lowest BCUT2D eigenvalue weighted by atomic mass is 9.96. The quantitative estimate of drug-likeness (QED) is 0.886. The van der Waals surface area contributed by atoms with E-state index in [1.54, 1.807) is 7.11 Å². The van der Waals surface area contributed by atoms with Gasteiger partial charge in [0.25, 0.3) is 0 Å². The van der Waals surface area contributed by atoms with Gasteiger partial charge in [0.15, 0.2) is 0 Å². The maximum absolute atomic E-state index is 5.49. The Hall–Kier alpha value is -1.06. The highest BCUT2D eigenvalue weighted by molar-refractivity contribution is 5.39. The highest BCUT2D eigenvalue weighted by Crippen LogP contribution is 2.27. The zero-order chi connectivity index (χ0) is 13.7. The molecule has 0 bridgehead atoms. The SMILES string of the molecule is COc1ccc(CCC2COCCN2)cc1C(C)C. The first-order valence-corrected chi connectivity index (χ1v) is 7.18. The molecule has 3 nitrogen and oxygen atoms in total. The first-order valence-electron chi connectivity index (χ1n) is 7.18. The summed E-state index contributed by atoms with van der Waals surface area (Å²) in [5, 5.41) is 3.50. The molecule has 1 unspecified atom stereocenters. The Bertz CT molecular complexity index is 398. The second kappa shape index (κ2) is 6.92. The molecule has 1 fully saturated rings. The molecule has 2 rings (SSSR count). The van der Waals surface area contributed by atoms with E-state index in [-0.39, 0.29) is 0 Å². The van der Waals surface area contributed by atoms with Crippen molar-refractivity contribution < 1.29 is 9.47 Å². The summed E-state index contributed by atoms with van der Waals surface area (Å²) < 4.78 is 10.9. The second-order valence-electron chi connectivity index (χ2n) is 5.50. The number of ether oxygens (including phenoxy) is 2. The molecule has 1 aromatic carbocycles. The van der Waals surface area contributed by atoms with Crippen LogP contribution in [0.25, 0.3) is 0 Å². The Balaban J connectivity index is 1.98. The summed E-state index contributed by atoms with van der Waals surface area (Å²) in [6.07, 6.45) is 2.22. The average molecular weight is 263 g/mol. The Labute approximate surface area is 116 Å². The van der Waals surface area contributed by atoms with E-state index in [0.717, 1.165) is 38.3 Å². The summed E-state index contributed by atoms with van der Waals surface area (Å²) >= 11 is 0. The van der Waals surface area contributed by atoms with Crippen molar-refractivity contribution in [3.05, 3.63) is 29.3 Å². The highest BCUT2D eigenvalue weighted by Gasteiger charge is 2.13. The van der Waals surface area contributed by atoms with Crippen LogP contribution < -0.4 is 10.1 Å². The van der Waals surface area contributed by atoms with E-state index in [0.29, 0.717) is 12.0 Å². The summed E-state index contributed by atoms with van der Waals surface area (Å²) in [4.78, 5) is 0. The van der Waals surface area contributed by atoms with Crippen molar-refractivity contribution in [1.82, 2.24) is 5.32 Å². The zero-order valence-corrected chi connectivity index (χ0v) is 12.2. The molecule has 106 valence electrons. The van der Waals surface area contributed by atoms with Crippen molar-refractivity contribution in [3.63, 3.8) is 0 Å². The molecule has 0 radical (unpaired) electrons. The third kappa shape index (κ3) is 3.95. The minimum absolute atomic E-state index is 0.492. The molecule has 19 heavy (non-hydrogen) atoms. The molecular formula is C16H25NO2. The lowest BCUT2D eigenvalue weighted by Gasteiger charge is -2.24. The number of benzene rings is 1. The average Bonchev–Trinajstić information content (AvgIpc) is 2.46. The fourth-order valence-electron chi connectivity index (χ4n) is 2.54. The van der Waals surface area contributed by atoms with Crippen LogP contribution in [0.4, 0.5) is 0 Å². The van der Waals surface area contributed by atoms with Crippen LogP contribution in [0, 0.1) is 0 Å². The van der Waals surface area contributed by atoms with Gasteiger partial charge in [-0.25, -0.2) is 0 Å². The molecule has 0 aliphatic carbocycles. The third-order valence-electron chi connectivity index (χ3n) is 3.70. The molecule has 0 aromatic heterocycles. The second-order valence-corrected chi connectivity index (χ2v) is 5.50. The van der Waals surface area contributed by atoms with Crippen LogP contribution in [-0.2, 0) is 11.2 Å². The van der Waals surface area contributed by atoms with Crippen molar-refractivity contribution >= 4 is 0 Å². The van der Waals surface area contributed by atoms with Gasteiger partial charge in [-0.2, -0.15) is 0 Å². The Morgan fingerprint density at radius 3 is 2.89 bits per heavy atom. The molecule has 1 N–H and O–H groups in total. The van der Waals surface area contributed by atoms with Gasteiger partial charge in [0.05, 0.1) is 20.3 Å². The van der Waals surface area contributed by atoms with Crippen LogP contribution in [0.1, 0.15) is 37.3 Å². The summed E-state index contributed by atoms with van der Waals surface area (Å²) in [7, 11) is 1.74. The molecule has 1 aliphatic rings. The van der Waals surface area contributed by atoms with Gasteiger partial charge < -0.3 is 14.8 Å². The topological polar surface area (TPSA) is 30.5 Å². The van der Waals surface area contributed by atoms with Crippen LogP contribution >= 0.6 is 0 Å². The fourth-order valence-corrected chi connectivity index (χ4v) is 2.54. The maximum atomic E-state index is 5.49. The summed E-state index contributed by atoms with van der Waals surface area (Å²) in [6.45, 7) is 7.07. The minimum atomic E-state index is 0.492. The zero-order valence-electron chi connectivity index (χ0n) is 12.2. The molecule has 3 heteroatoms. The lowest BCUT2D eigenvalue weighted by Crippen LogP contribution is -2.41. The monoisotopic (exact) mass is 263 g/mol. The van der Waals surface area contributed by atoms with Crippen LogP contribution in [0.3, 0.4) is 0 Å². The van der Waals surface area contributed by atoms with Crippen LogP contribution in [0.15, 0.2) is 18.2 Å². The van der Waals surface area contributed by atoms with Gasteiger partial charge in [-0.15, -0.1) is 0 Å². The van der Waals surface area contributed by atoms with E-state index in [9.17, 15) is 0 Å². The van der Waals surface area contributed by atoms with Gasteiger partial charge in [-0.3, -0.25) is 0 Å². The molecule has 0 amide bonds. The smallest absolute Gasteiger partial charge is 0.122 e. The van der Waals surface area contributed by atoms with E-state index in [2.05, 4.69) is 37.4 Å². The van der Waals surface area contributed by atoms with Crippen LogP contribution in [0.5, 0.6) is 5.75 Å². The van der Waals surface area contributed by atoms with Gasteiger partial charge in [0, 0.05) is 12.6 Å². The van der Waals surface area contributed by atoms with E-state index < -0.39 is 0 Å². The summed E-state index contributed by atoms with van der Waals surface area (Å²) in [5.74, 6) is 1.49. The molecule has 1 aromatic rings. The molecule has 0 spiro atoms. The van der Waals surface area contributed by atoms with Crippen molar-refractivity contribution in [2.45, 2.75) is 38.6 Å². The standard InChI is InChI=1S/C16H25NO2/c1-12(2)15-10-13(5-7-16(15)18-3)4-6-14-11-19-9-8-17-14/h5,7,10,12,14,17H,4,6,8-9,11H2,1-3H3. The van der Waals surface area contributed by atoms with Crippen molar-refractivity contribution in [2.24, 2.45) is 0 Å². The molecule has 1 heterocycles. The van der Waals surface area contributed by atoms with Gasteiger partial charge in [0.1, 0.15) is 5.75 Å². The van der Waals surface area contributed by atoms with E-state index in [1.165, 1.54) is 11.1 Å². The maximum Gasteiger partial charge on any atom is 0.122 e. The molecule has 1 saturated heterocycles. The number of hydrogen-bond acceptors (Lipinski definition) is 3. The fraction of sp³-hybridized carbons (Fsp3) is 0.625. The van der Waals surface area contributed by atoms with Gasteiger partial charge in [0.2, 0.25) is 0 Å². The molecule has 1 atom stereocenters. The van der Waals surface area contributed by atoms with Crippen molar-refractivity contribution in [2.75, 3.05) is 26.9 Å². The number of hydrogen-bond donors (Lipinski definition) is 1. The predicted octanol–water partition coefficient (Wildman–Crippen LogP) is 2.74. The lowest BCUT2D eigenvalue weighted by molar-refractivity contribution is 0.0743. The summed E-state index contributed by atoms with van der Waals surface area (Å²) in [6, 6.07) is 7.05. The third-order valence-corrected chi connectivity index (χ3v) is 3.70. The predicted molar refractivity (Wildman–Crippen MR) is 78.0 cm³/mol. The summed E-state index contributed by atoms with van der Waals surface area (Å²) in [5.41, 5.74) is 2.68. The van der Waals surface area contributed by atoms with E-state index in [1.807, 2.05) is 0 Å². The number of rotatable bonds is 5. The number of methoxy groups -OCH3 is 1. The minimum Gasteiger partial charge on any atom is -0.496 e. The van der Waals surface area contributed by atoms with Gasteiger partial charge in [-0.05, 0) is 36.0 Å². The Morgan fingerprint density at radius 1 is 1.42 bits per heavy atom. The van der Waals surface area contributed by atoms with Gasteiger partial charge in [-0.1, -0.05) is 26.0 Å². The number of aryl methyl sites for hydroxylation is 1. The van der Waals surface area contributed by atoms with Crippen molar-refractivity contribution in [1.29, 1.82) is 0 Å². The van der Waals surface area contributed by atoms with Crippen molar-refractivity contribution in [3.8, 4) is 5.75 Å². The molecular weight excluding hydrogens is 238 g/mol. The van der Waals surface area contributed by atoms with Gasteiger partial charge >= 0.3 is 0 Å². The van der Waals surface area contributed by atoms with E-state index >= 15 is 0 Å². The van der Waals surface area contributed by atoms with Crippen LogP contribution in [-0.4, -0.2) is 32.9 Å². The highest BCUT2D eigenvalue weighted by atomic mass is 16.5. The first kappa shape index (κ1) is 14.4. The number of morpholine rings is 1. The van der Waals surface area contributed by atoms with Crippen LogP contribution in [0.2, 0.25) is 0 Å². The normalized spacial score (nSPS) is 19.7. The number of nitrogens with one attached hydrogen (secondary N) is 1.